The summed E-state index contributed by atoms with van der Waals surface area (Å²) in [5.41, 5.74) is 3.43. The molecule has 1 unspecified atom stereocenters. The number of halogens is 1. The molecule has 1 atom stereocenters. The maximum absolute atomic E-state index is 11.0. The minimum absolute atomic E-state index is 0.185. The monoisotopic (exact) mass is 579 g/mol. The highest BCUT2D eigenvalue weighted by Crippen LogP contribution is 2.31. The average molecular weight is 581 g/mol. The third kappa shape index (κ3) is 7.57. The van der Waals surface area contributed by atoms with Crippen LogP contribution in [0.3, 0.4) is 0 Å². The van der Waals surface area contributed by atoms with Crippen molar-refractivity contribution in [1.29, 1.82) is 0 Å². The number of carbonyl (C=O) groups is 1. The van der Waals surface area contributed by atoms with Crippen LogP contribution >= 0.6 is 15.9 Å². The molecule has 2 aromatic carbocycles. The molecule has 0 spiro atoms. The molecule has 4 aromatic rings. The standard InChI is InChI=1S/C19H20BrN5O2.C9H12.C2H6/c20-15-10-22-25-18(21-9-13-4-3-7-24(11-13)12-26)8-16(23-19(15)25)14-5-1-2-6-17(14)27;1-8(2)9-6-4-3-5-7-9;1-2/h1-2,5-6,8,10,12-13,21,27H,3-4,7,9,11H2;3-8H,1-2H3;1-2H3. The summed E-state index contributed by atoms with van der Waals surface area (Å²) < 4.78 is 2.53. The number of nitrogens with zero attached hydrogens (tertiary/aromatic N) is 4. The van der Waals surface area contributed by atoms with E-state index in [-0.39, 0.29) is 5.75 Å². The van der Waals surface area contributed by atoms with Gasteiger partial charge in [0.05, 0.1) is 16.4 Å². The number of benzene rings is 2. The average Bonchev–Trinajstić information content (AvgIpc) is 3.34. The summed E-state index contributed by atoms with van der Waals surface area (Å²) in [5.74, 6) is 2.03. The van der Waals surface area contributed by atoms with Crippen molar-refractivity contribution in [2.45, 2.75) is 46.5 Å². The van der Waals surface area contributed by atoms with Crippen LogP contribution in [0.4, 0.5) is 5.82 Å². The van der Waals surface area contributed by atoms with Crippen molar-refractivity contribution in [3.05, 3.63) is 76.9 Å². The third-order valence-electron chi connectivity index (χ3n) is 6.35. The number of anilines is 1. The van der Waals surface area contributed by atoms with Gasteiger partial charge in [-0.3, -0.25) is 4.79 Å². The highest BCUT2D eigenvalue weighted by atomic mass is 79.9. The predicted octanol–water partition coefficient (Wildman–Crippen LogP) is 6.98. The Bertz CT molecular complexity index is 1290. The fraction of sp³-hybridized carbons (Fsp3) is 0.367. The Morgan fingerprint density at radius 3 is 2.50 bits per heavy atom. The lowest BCUT2D eigenvalue weighted by Gasteiger charge is -2.30. The summed E-state index contributed by atoms with van der Waals surface area (Å²) in [4.78, 5) is 17.5. The number of hydrogen-bond donors (Lipinski definition) is 2. The Kier molecular flexibility index (Phi) is 11.1. The van der Waals surface area contributed by atoms with E-state index in [4.69, 9.17) is 0 Å². The fourth-order valence-electron chi connectivity index (χ4n) is 4.34. The Hall–Kier alpha value is -3.39. The van der Waals surface area contributed by atoms with Gasteiger partial charge in [-0.2, -0.15) is 9.61 Å². The maximum atomic E-state index is 11.0. The highest BCUT2D eigenvalue weighted by molar-refractivity contribution is 9.10. The number of nitrogens with one attached hydrogen (secondary N) is 1. The first kappa shape index (κ1) is 29.2. The quantitative estimate of drug-likeness (QED) is 0.241. The number of para-hydroxylation sites is 1. The first-order chi connectivity index (χ1) is 18.5. The first-order valence-corrected chi connectivity index (χ1v) is 14.1. The van der Waals surface area contributed by atoms with Gasteiger partial charge in [-0.25, -0.2) is 4.98 Å². The molecule has 2 N–H and O–H groups in total. The van der Waals surface area contributed by atoms with E-state index in [0.717, 1.165) is 49.2 Å². The molecule has 1 aliphatic heterocycles. The topological polar surface area (TPSA) is 82.8 Å². The van der Waals surface area contributed by atoms with Gasteiger partial charge < -0.3 is 15.3 Å². The minimum atomic E-state index is 0.185. The van der Waals surface area contributed by atoms with E-state index in [1.165, 1.54) is 5.56 Å². The van der Waals surface area contributed by atoms with E-state index in [1.807, 2.05) is 43.0 Å². The van der Waals surface area contributed by atoms with E-state index in [1.54, 1.807) is 22.8 Å². The first-order valence-electron chi connectivity index (χ1n) is 13.3. The lowest BCUT2D eigenvalue weighted by atomic mass is 9.98. The van der Waals surface area contributed by atoms with Crippen LogP contribution in [0.15, 0.2) is 71.3 Å². The molecule has 5 rings (SSSR count). The van der Waals surface area contributed by atoms with E-state index >= 15 is 0 Å². The van der Waals surface area contributed by atoms with Crippen LogP contribution in [0.5, 0.6) is 5.75 Å². The number of rotatable bonds is 6. The molecule has 2 aromatic heterocycles. The molecule has 38 heavy (non-hydrogen) atoms. The van der Waals surface area contributed by atoms with Crippen LogP contribution in [0.2, 0.25) is 0 Å². The smallest absolute Gasteiger partial charge is 0.209 e. The van der Waals surface area contributed by atoms with E-state index < -0.39 is 0 Å². The van der Waals surface area contributed by atoms with E-state index in [0.29, 0.717) is 28.7 Å². The number of carbonyl (C=O) groups excluding carboxylic acids is 1. The van der Waals surface area contributed by atoms with Gasteiger partial charge in [0, 0.05) is 31.3 Å². The summed E-state index contributed by atoms with van der Waals surface area (Å²) in [6, 6.07) is 19.6. The van der Waals surface area contributed by atoms with Crippen LogP contribution in [0, 0.1) is 5.92 Å². The number of aromatic hydroxyl groups is 1. The molecule has 1 amide bonds. The van der Waals surface area contributed by atoms with Crippen LogP contribution in [-0.2, 0) is 4.79 Å². The van der Waals surface area contributed by atoms with Crippen molar-refractivity contribution in [2.75, 3.05) is 25.0 Å². The van der Waals surface area contributed by atoms with E-state index in [9.17, 15) is 9.90 Å². The van der Waals surface area contributed by atoms with Crippen molar-refractivity contribution < 1.29 is 9.90 Å². The zero-order chi connectivity index (χ0) is 27.5. The zero-order valence-electron chi connectivity index (χ0n) is 22.6. The van der Waals surface area contributed by atoms with Crippen LogP contribution in [0.25, 0.3) is 16.9 Å². The molecular formula is C30H38BrN5O2. The number of hydrogen-bond acceptors (Lipinski definition) is 5. The second-order valence-electron chi connectivity index (χ2n) is 9.33. The van der Waals surface area contributed by atoms with Crippen molar-refractivity contribution >= 4 is 33.8 Å². The minimum Gasteiger partial charge on any atom is -0.507 e. The molecule has 0 aliphatic carbocycles. The van der Waals surface area contributed by atoms with Gasteiger partial charge in [-0.15, -0.1) is 0 Å². The van der Waals surface area contributed by atoms with Crippen LogP contribution in [0.1, 0.15) is 52.0 Å². The lowest BCUT2D eigenvalue weighted by molar-refractivity contribution is -0.119. The molecule has 1 saturated heterocycles. The number of piperidine rings is 1. The van der Waals surface area contributed by atoms with Crippen molar-refractivity contribution in [1.82, 2.24) is 19.5 Å². The van der Waals surface area contributed by atoms with Crippen molar-refractivity contribution in [3.8, 4) is 17.0 Å². The van der Waals surface area contributed by atoms with Gasteiger partial charge in [-0.1, -0.05) is 70.2 Å². The van der Waals surface area contributed by atoms with Gasteiger partial charge in [0.1, 0.15) is 11.6 Å². The summed E-state index contributed by atoms with van der Waals surface area (Å²) in [5, 5.41) is 18.1. The molecule has 1 fully saturated rings. The molecule has 8 heteroatoms. The van der Waals surface area contributed by atoms with Gasteiger partial charge in [0.25, 0.3) is 0 Å². The molecule has 0 saturated carbocycles. The number of phenols is 1. The summed E-state index contributed by atoms with van der Waals surface area (Å²) in [6.45, 7) is 10.7. The molecule has 7 nitrogen and oxygen atoms in total. The molecule has 1 aliphatic rings. The van der Waals surface area contributed by atoms with E-state index in [2.05, 4.69) is 69.4 Å². The van der Waals surface area contributed by atoms with Crippen molar-refractivity contribution in [3.63, 3.8) is 0 Å². The number of phenolic OH excluding ortho intramolecular Hbond substituents is 1. The number of fused-ring (bicyclic) bond motifs is 1. The SMILES string of the molecule is CC.CC(C)c1ccccc1.O=CN1CCCC(CNc2cc(-c3ccccc3O)nc3c(Br)cnn23)C1. The van der Waals surface area contributed by atoms with Crippen molar-refractivity contribution in [2.24, 2.45) is 5.92 Å². The fourth-order valence-corrected chi connectivity index (χ4v) is 4.68. The van der Waals surface area contributed by atoms with Gasteiger partial charge in [0.2, 0.25) is 6.41 Å². The maximum Gasteiger partial charge on any atom is 0.209 e. The third-order valence-corrected chi connectivity index (χ3v) is 6.91. The highest BCUT2D eigenvalue weighted by Gasteiger charge is 2.20. The molecule has 0 bridgehead atoms. The zero-order valence-corrected chi connectivity index (χ0v) is 24.2. The number of amides is 1. The molecule has 3 heterocycles. The molecule has 0 radical (unpaired) electrons. The Labute approximate surface area is 234 Å². The Morgan fingerprint density at radius 1 is 1.13 bits per heavy atom. The molecular weight excluding hydrogens is 542 g/mol. The largest absolute Gasteiger partial charge is 0.507 e. The number of likely N-dealkylation sites (tertiary alicyclic amines) is 1. The normalized spacial score (nSPS) is 14.8. The van der Waals surface area contributed by atoms with Crippen LogP contribution in [-0.4, -0.2) is 50.6 Å². The Balaban J connectivity index is 0.000000307. The summed E-state index contributed by atoms with van der Waals surface area (Å²) in [7, 11) is 0. The Morgan fingerprint density at radius 2 is 1.84 bits per heavy atom. The summed E-state index contributed by atoms with van der Waals surface area (Å²) in [6.07, 6.45) is 4.74. The second kappa shape index (κ2) is 14.5. The van der Waals surface area contributed by atoms with Gasteiger partial charge >= 0.3 is 0 Å². The molecule has 202 valence electrons. The summed E-state index contributed by atoms with van der Waals surface area (Å²) >= 11 is 3.49. The number of aromatic nitrogens is 3. The van der Waals surface area contributed by atoms with Crippen LogP contribution < -0.4 is 5.32 Å². The van der Waals surface area contributed by atoms with Gasteiger partial charge in [0.15, 0.2) is 5.65 Å². The second-order valence-corrected chi connectivity index (χ2v) is 10.2. The predicted molar refractivity (Wildman–Crippen MR) is 159 cm³/mol. The van der Waals surface area contributed by atoms with Gasteiger partial charge in [-0.05, 0) is 58.3 Å². The lowest BCUT2D eigenvalue weighted by Crippen LogP contribution is -2.37.